The molecular weight excluding hydrogens is 240 g/mol. The van der Waals surface area contributed by atoms with Crippen LogP contribution in [-0.2, 0) is 0 Å². The molecule has 0 saturated heterocycles. The molecule has 3 N–H and O–H groups in total. The monoisotopic (exact) mass is 264 g/mol. The van der Waals surface area contributed by atoms with Gasteiger partial charge in [0.25, 0.3) is 5.91 Å². The summed E-state index contributed by atoms with van der Waals surface area (Å²) in [6.07, 6.45) is 0. The molecule has 1 unspecified atom stereocenters. The fraction of sp³-hybridized carbons (Fsp3) is 0.533. The minimum absolute atomic E-state index is 0.102. The number of ether oxygens (including phenoxy) is 1. The van der Waals surface area contributed by atoms with Crippen LogP contribution in [0.25, 0.3) is 0 Å². The molecule has 0 aliphatic heterocycles. The van der Waals surface area contributed by atoms with Crippen LogP contribution < -0.4 is 15.8 Å². The van der Waals surface area contributed by atoms with E-state index in [1.165, 1.54) is 7.11 Å². The van der Waals surface area contributed by atoms with Gasteiger partial charge in [-0.2, -0.15) is 0 Å². The first-order valence-corrected chi connectivity index (χ1v) is 6.47. The van der Waals surface area contributed by atoms with Crippen LogP contribution in [0.3, 0.4) is 0 Å². The third kappa shape index (κ3) is 4.16. The topological polar surface area (TPSA) is 64.3 Å². The van der Waals surface area contributed by atoms with Gasteiger partial charge in [0.15, 0.2) is 0 Å². The van der Waals surface area contributed by atoms with Crippen molar-refractivity contribution in [3.8, 4) is 5.75 Å². The maximum Gasteiger partial charge on any atom is 0.251 e. The lowest BCUT2D eigenvalue weighted by atomic mass is 9.82. The highest BCUT2D eigenvalue weighted by Crippen LogP contribution is 2.25. The van der Waals surface area contributed by atoms with Crippen molar-refractivity contribution in [1.29, 1.82) is 0 Å². The Balaban J connectivity index is 2.69. The van der Waals surface area contributed by atoms with Crippen molar-refractivity contribution in [3.63, 3.8) is 0 Å². The van der Waals surface area contributed by atoms with E-state index >= 15 is 0 Å². The van der Waals surface area contributed by atoms with Gasteiger partial charge in [-0.15, -0.1) is 0 Å². The van der Waals surface area contributed by atoms with Crippen LogP contribution in [0.4, 0.5) is 5.69 Å². The van der Waals surface area contributed by atoms with Crippen molar-refractivity contribution >= 4 is 11.6 Å². The molecule has 0 heterocycles. The molecule has 1 aromatic rings. The molecule has 0 aromatic heterocycles. The molecule has 0 radical (unpaired) electrons. The quantitative estimate of drug-likeness (QED) is 0.822. The highest BCUT2D eigenvalue weighted by atomic mass is 16.5. The Bertz CT molecular complexity index is 450. The molecule has 1 amide bonds. The van der Waals surface area contributed by atoms with Crippen LogP contribution in [0.2, 0.25) is 0 Å². The molecule has 1 atom stereocenters. The lowest BCUT2D eigenvalue weighted by molar-refractivity contribution is 0.0937. The molecule has 1 rings (SSSR count). The van der Waals surface area contributed by atoms with Gasteiger partial charge in [0, 0.05) is 12.1 Å². The summed E-state index contributed by atoms with van der Waals surface area (Å²) < 4.78 is 5.11. The average Bonchev–Trinajstić information content (AvgIpc) is 2.34. The molecule has 1 aromatic carbocycles. The summed E-state index contributed by atoms with van der Waals surface area (Å²) in [5, 5.41) is 2.94. The zero-order valence-corrected chi connectivity index (χ0v) is 12.4. The van der Waals surface area contributed by atoms with E-state index in [-0.39, 0.29) is 11.3 Å². The van der Waals surface area contributed by atoms with Gasteiger partial charge >= 0.3 is 0 Å². The number of carbonyl (C=O) groups is 1. The number of nitrogen functional groups attached to an aromatic ring is 1. The van der Waals surface area contributed by atoms with Crippen molar-refractivity contribution in [2.24, 2.45) is 11.3 Å². The molecule has 0 spiro atoms. The summed E-state index contributed by atoms with van der Waals surface area (Å²) in [5.41, 5.74) is 6.99. The smallest absolute Gasteiger partial charge is 0.251 e. The number of nitrogens with one attached hydrogen (secondary N) is 1. The third-order valence-corrected chi connectivity index (χ3v) is 3.54. The maximum atomic E-state index is 12.0. The Hall–Kier alpha value is -1.71. The molecule has 0 saturated carbocycles. The zero-order valence-electron chi connectivity index (χ0n) is 12.4. The van der Waals surface area contributed by atoms with Crippen LogP contribution in [0.5, 0.6) is 5.75 Å². The lowest BCUT2D eigenvalue weighted by Crippen LogP contribution is -2.33. The van der Waals surface area contributed by atoms with Gasteiger partial charge in [0.2, 0.25) is 0 Å². The number of carbonyl (C=O) groups excluding carboxylic acids is 1. The van der Waals surface area contributed by atoms with Gasteiger partial charge in [0.1, 0.15) is 5.75 Å². The number of hydrogen-bond acceptors (Lipinski definition) is 3. The van der Waals surface area contributed by atoms with E-state index in [4.69, 9.17) is 10.5 Å². The molecule has 106 valence electrons. The van der Waals surface area contributed by atoms with Crippen LogP contribution in [0.1, 0.15) is 38.1 Å². The van der Waals surface area contributed by atoms with Gasteiger partial charge in [-0.3, -0.25) is 4.79 Å². The van der Waals surface area contributed by atoms with Crippen molar-refractivity contribution in [1.82, 2.24) is 5.32 Å². The van der Waals surface area contributed by atoms with Gasteiger partial charge in [-0.05, 0) is 29.5 Å². The molecule has 0 aliphatic rings. The molecule has 0 aliphatic carbocycles. The maximum absolute atomic E-state index is 12.0. The van der Waals surface area contributed by atoms with Crippen LogP contribution >= 0.6 is 0 Å². The summed E-state index contributed by atoms with van der Waals surface area (Å²) in [6, 6.07) is 5.04. The molecular formula is C15H24N2O2. The molecule has 4 nitrogen and oxygen atoms in total. The Morgan fingerprint density at radius 3 is 2.58 bits per heavy atom. The fourth-order valence-corrected chi connectivity index (χ4v) is 1.51. The second-order valence-corrected chi connectivity index (χ2v) is 5.93. The normalized spacial score (nSPS) is 12.9. The second kappa shape index (κ2) is 5.95. The van der Waals surface area contributed by atoms with E-state index in [1.807, 2.05) is 0 Å². The van der Waals surface area contributed by atoms with E-state index in [2.05, 4.69) is 33.0 Å². The standard InChI is InChI=1S/C15H24N2O2/c1-10(15(2,3)4)9-17-14(18)11-6-7-12(16)13(8-11)19-5/h6-8,10H,9,16H2,1-5H3,(H,17,18). The first kappa shape index (κ1) is 15.3. The summed E-state index contributed by atoms with van der Waals surface area (Å²) >= 11 is 0. The van der Waals surface area contributed by atoms with E-state index in [1.54, 1.807) is 18.2 Å². The minimum atomic E-state index is -0.102. The SMILES string of the molecule is COc1cc(C(=O)NCC(C)C(C)(C)C)ccc1N. The number of anilines is 1. The van der Waals surface area contributed by atoms with Gasteiger partial charge in [-0.1, -0.05) is 27.7 Å². The van der Waals surface area contributed by atoms with Crippen molar-refractivity contribution < 1.29 is 9.53 Å². The van der Waals surface area contributed by atoms with Gasteiger partial charge in [0.05, 0.1) is 12.8 Å². The summed E-state index contributed by atoms with van der Waals surface area (Å²) in [5.74, 6) is 0.818. The Kier molecular flexibility index (Phi) is 4.81. The van der Waals surface area contributed by atoms with E-state index in [9.17, 15) is 4.79 Å². The number of nitrogens with two attached hydrogens (primary N) is 1. The molecule has 19 heavy (non-hydrogen) atoms. The Morgan fingerprint density at radius 2 is 2.05 bits per heavy atom. The Labute approximate surface area is 115 Å². The fourth-order valence-electron chi connectivity index (χ4n) is 1.51. The first-order chi connectivity index (χ1) is 8.75. The number of amides is 1. The van der Waals surface area contributed by atoms with Crippen molar-refractivity contribution in [2.75, 3.05) is 19.4 Å². The number of benzene rings is 1. The van der Waals surface area contributed by atoms with Crippen molar-refractivity contribution in [3.05, 3.63) is 23.8 Å². The zero-order chi connectivity index (χ0) is 14.6. The summed E-state index contributed by atoms with van der Waals surface area (Å²) in [4.78, 5) is 12.0. The molecule has 4 heteroatoms. The molecule has 0 fully saturated rings. The third-order valence-electron chi connectivity index (χ3n) is 3.54. The summed E-state index contributed by atoms with van der Waals surface area (Å²) in [7, 11) is 1.54. The highest BCUT2D eigenvalue weighted by Gasteiger charge is 2.20. The largest absolute Gasteiger partial charge is 0.495 e. The predicted molar refractivity (Wildman–Crippen MR) is 78.4 cm³/mol. The van der Waals surface area contributed by atoms with Crippen LogP contribution in [-0.4, -0.2) is 19.6 Å². The first-order valence-electron chi connectivity index (χ1n) is 6.47. The van der Waals surface area contributed by atoms with Gasteiger partial charge < -0.3 is 15.8 Å². The number of rotatable bonds is 4. The van der Waals surface area contributed by atoms with Crippen LogP contribution in [0, 0.1) is 11.3 Å². The van der Waals surface area contributed by atoms with Crippen molar-refractivity contribution in [2.45, 2.75) is 27.7 Å². The van der Waals surface area contributed by atoms with Crippen LogP contribution in [0.15, 0.2) is 18.2 Å². The minimum Gasteiger partial charge on any atom is -0.495 e. The number of hydrogen-bond donors (Lipinski definition) is 2. The van der Waals surface area contributed by atoms with E-state index in [0.29, 0.717) is 29.5 Å². The molecule has 0 bridgehead atoms. The second-order valence-electron chi connectivity index (χ2n) is 5.93. The predicted octanol–water partition coefficient (Wildman–Crippen LogP) is 2.69. The lowest BCUT2D eigenvalue weighted by Gasteiger charge is -2.27. The average molecular weight is 264 g/mol. The summed E-state index contributed by atoms with van der Waals surface area (Å²) in [6.45, 7) is 9.26. The Morgan fingerprint density at radius 1 is 1.42 bits per heavy atom. The van der Waals surface area contributed by atoms with E-state index in [0.717, 1.165) is 0 Å². The highest BCUT2D eigenvalue weighted by molar-refractivity contribution is 5.95. The van der Waals surface area contributed by atoms with Gasteiger partial charge in [-0.25, -0.2) is 0 Å². The van der Waals surface area contributed by atoms with E-state index < -0.39 is 0 Å². The number of methoxy groups -OCH3 is 1.